The molecular weight excluding hydrogens is 219 g/mol. The van der Waals surface area contributed by atoms with Gasteiger partial charge in [0.15, 0.2) is 5.82 Å². The number of hydrogen-bond donors (Lipinski definition) is 0. The molecule has 0 radical (unpaired) electrons. The first-order valence-corrected chi connectivity index (χ1v) is 5.98. The van der Waals surface area contributed by atoms with Gasteiger partial charge in [-0.25, -0.2) is 4.39 Å². The zero-order valence-corrected chi connectivity index (χ0v) is 10.2. The minimum Gasteiger partial charge on any atom is -0.338 e. The number of likely N-dealkylation sites (tertiary alicyclic amines) is 1. The lowest BCUT2D eigenvalue weighted by atomic mass is 9.88. The van der Waals surface area contributed by atoms with Gasteiger partial charge in [-0.05, 0) is 24.3 Å². The highest BCUT2D eigenvalue weighted by Crippen LogP contribution is 2.23. The predicted molar refractivity (Wildman–Crippen MR) is 63.0 cm³/mol. The molecule has 1 aliphatic heterocycles. The van der Waals surface area contributed by atoms with E-state index in [2.05, 4.69) is 18.8 Å². The standard InChI is InChI=1S/C13H17FN2O/c1-9-4-6-16(8-10(9)2)13(17)11-3-5-15-7-12(11)14/h3,5,7,9-10H,4,6,8H2,1-2H3. The van der Waals surface area contributed by atoms with Gasteiger partial charge in [0.1, 0.15) is 0 Å². The molecule has 1 aromatic heterocycles. The second-order valence-electron chi connectivity index (χ2n) is 4.85. The summed E-state index contributed by atoms with van der Waals surface area (Å²) < 4.78 is 13.5. The highest BCUT2D eigenvalue weighted by molar-refractivity contribution is 5.94. The fraction of sp³-hybridized carbons (Fsp3) is 0.538. The van der Waals surface area contributed by atoms with Crippen molar-refractivity contribution >= 4 is 5.91 Å². The number of nitrogens with zero attached hydrogens (tertiary/aromatic N) is 2. The maximum absolute atomic E-state index is 13.5. The lowest BCUT2D eigenvalue weighted by Crippen LogP contribution is -2.42. The Morgan fingerprint density at radius 1 is 1.47 bits per heavy atom. The van der Waals surface area contributed by atoms with Crippen LogP contribution in [0.1, 0.15) is 30.6 Å². The molecule has 0 saturated carbocycles. The molecule has 1 fully saturated rings. The first kappa shape index (κ1) is 12.0. The molecule has 3 nitrogen and oxygen atoms in total. The third kappa shape index (κ3) is 2.46. The van der Waals surface area contributed by atoms with Crippen molar-refractivity contribution in [1.29, 1.82) is 0 Å². The Morgan fingerprint density at radius 3 is 2.88 bits per heavy atom. The van der Waals surface area contributed by atoms with Crippen LogP contribution >= 0.6 is 0 Å². The monoisotopic (exact) mass is 236 g/mol. The van der Waals surface area contributed by atoms with Crippen LogP contribution in [0, 0.1) is 17.7 Å². The van der Waals surface area contributed by atoms with Gasteiger partial charge < -0.3 is 4.90 Å². The summed E-state index contributed by atoms with van der Waals surface area (Å²) in [5.74, 6) is 0.339. The molecule has 0 aliphatic carbocycles. The molecule has 1 aliphatic rings. The highest BCUT2D eigenvalue weighted by atomic mass is 19.1. The van der Waals surface area contributed by atoms with Crippen LogP contribution in [0.25, 0.3) is 0 Å². The van der Waals surface area contributed by atoms with Gasteiger partial charge in [0, 0.05) is 19.3 Å². The molecule has 2 rings (SSSR count). The molecule has 2 unspecified atom stereocenters. The van der Waals surface area contributed by atoms with Crippen molar-refractivity contribution in [3.8, 4) is 0 Å². The zero-order valence-electron chi connectivity index (χ0n) is 10.2. The van der Waals surface area contributed by atoms with E-state index in [1.807, 2.05) is 0 Å². The van der Waals surface area contributed by atoms with Gasteiger partial charge in [-0.2, -0.15) is 0 Å². The summed E-state index contributed by atoms with van der Waals surface area (Å²) in [5.41, 5.74) is 0.127. The van der Waals surface area contributed by atoms with E-state index in [4.69, 9.17) is 0 Å². The van der Waals surface area contributed by atoms with Gasteiger partial charge in [-0.15, -0.1) is 0 Å². The Bertz CT molecular complexity index is 422. The normalized spacial score (nSPS) is 24.8. The molecule has 2 atom stereocenters. The Kier molecular flexibility index (Phi) is 3.41. The van der Waals surface area contributed by atoms with E-state index in [0.717, 1.165) is 12.6 Å². The van der Waals surface area contributed by atoms with Crippen molar-refractivity contribution in [2.75, 3.05) is 13.1 Å². The Labute approximate surface area is 101 Å². The largest absolute Gasteiger partial charge is 0.338 e. The van der Waals surface area contributed by atoms with E-state index in [9.17, 15) is 9.18 Å². The fourth-order valence-corrected chi connectivity index (χ4v) is 2.17. The quantitative estimate of drug-likeness (QED) is 0.749. The van der Waals surface area contributed by atoms with E-state index in [0.29, 0.717) is 24.9 Å². The van der Waals surface area contributed by atoms with Gasteiger partial charge in [0.25, 0.3) is 5.91 Å². The Balaban J connectivity index is 2.14. The summed E-state index contributed by atoms with van der Waals surface area (Å²) in [6.45, 7) is 5.75. The number of hydrogen-bond acceptors (Lipinski definition) is 2. The van der Waals surface area contributed by atoms with Crippen molar-refractivity contribution in [3.63, 3.8) is 0 Å². The third-order valence-corrected chi connectivity index (χ3v) is 3.62. The molecule has 17 heavy (non-hydrogen) atoms. The van der Waals surface area contributed by atoms with Crippen LogP contribution in [0.3, 0.4) is 0 Å². The lowest BCUT2D eigenvalue weighted by Gasteiger charge is -2.35. The summed E-state index contributed by atoms with van der Waals surface area (Å²) in [6.07, 6.45) is 3.52. The highest BCUT2D eigenvalue weighted by Gasteiger charge is 2.27. The first-order valence-electron chi connectivity index (χ1n) is 5.98. The van der Waals surface area contributed by atoms with Gasteiger partial charge in [-0.3, -0.25) is 9.78 Å². The fourth-order valence-electron chi connectivity index (χ4n) is 2.17. The predicted octanol–water partition coefficient (Wildman–Crippen LogP) is 2.34. The van der Waals surface area contributed by atoms with E-state index in [1.54, 1.807) is 4.90 Å². The van der Waals surface area contributed by atoms with Crippen molar-refractivity contribution in [2.45, 2.75) is 20.3 Å². The first-order chi connectivity index (χ1) is 8.09. The maximum atomic E-state index is 13.5. The molecule has 4 heteroatoms. The second kappa shape index (κ2) is 4.82. The van der Waals surface area contributed by atoms with Crippen LogP contribution in [-0.4, -0.2) is 28.9 Å². The number of aromatic nitrogens is 1. The molecule has 0 bridgehead atoms. The van der Waals surface area contributed by atoms with Crippen LogP contribution < -0.4 is 0 Å². The zero-order chi connectivity index (χ0) is 12.4. The average molecular weight is 236 g/mol. The number of halogens is 1. The van der Waals surface area contributed by atoms with Crippen LogP contribution in [-0.2, 0) is 0 Å². The Hall–Kier alpha value is -1.45. The average Bonchev–Trinajstić information content (AvgIpc) is 2.32. The van der Waals surface area contributed by atoms with Crippen molar-refractivity contribution in [2.24, 2.45) is 11.8 Å². The molecule has 2 heterocycles. The SMILES string of the molecule is CC1CCN(C(=O)c2ccncc2F)CC1C. The third-order valence-electron chi connectivity index (χ3n) is 3.62. The van der Waals surface area contributed by atoms with Gasteiger partial charge in [0.2, 0.25) is 0 Å². The van der Waals surface area contributed by atoms with Crippen molar-refractivity contribution in [3.05, 3.63) is 29.8 Å². The minimum absolute atomic E-state index is 0.127. The molecular formula is C13H17FN2O. The minimum atomic E-state index is -0.538. The molecule has 1 amide bonds. The number of pyridine rings is 1. The summed E-state index contributed by atoms with van der Waals surface area (Å²) >= 11 is 0. The van der Waals surface area contributed by atoms with Crippen molar-refractivity contribution in [1.82, 2.24) is 9.88 Å². The van der Waals surface area contributed by atoms with Crippen LogP contribution in [0.4, 0.5) is 4.39 Å². The van der Waals surface area contributed by atoms with Gasteiger partial charge in [0.05, 0.1) is 11.8 Å². The summed E-state index contributed by atoms with van der Waals surface area (Å²) in [7, 11) is 0. The van der Waals surface area contributed by atoms with E-state index in [-0.39, 0.29) is 11.5 Å². The van der Waals surface area contributed by atoms with Crippen LogP contribution in [0.2, 0.25) is 0 Å². The smallest absolute Gasteiger partial charge is 0.256 e. The number of carbonyl (C=O) groups excluding carboxylic acids is 1. The molecule has 1 saturated heterocycles. The maximum Gasteiger partial charge on any atom is 0.256 e. The van der Waals surface area contributed by atoms with Gasteiger partial charge >= 0.3 is 0 Å². The summed E-state index contributed by atoms with van der Waals surface area (Å²) in [6, 6.07) is 1.44. The lowest BCUT2D eigenvalue weighted by molar-refractivity contribution is 0.0622. The summed E-state index contributed by atoms with van der Waals surface area (Å²) in [5, 5.41) is 0. The number of piperidine rings is 1. The van der Waals surface area contributed by atoms with E-state index in [1.165, 1.54) is 12.3 Å². The molecule has 0 N–H and O–H groups in total. The molecule has 92 valence electrons. The van der Waals surface area contributed by atoms with Gasteiger partial charge in [-0.1, -0.05) is 13.8 Å². The second-order valence-corrected chi connectivity index (χ2v) is 4.85. The van der Waals surface area contributed by atoms with Crippen LogP contribution in [0.15, 0.2) is 18.5 Å². The summed E-state index contributed by atoms with van der Waals surface area (Å²) in [4.78, 5) is 17.5. The van der Waals surface area contributed by atoms with Crippen molar-refractivity contribution < 1.29 is 9.18 Å². The number of carbonyl (C=O) groups is 1. The molecule has 1 aromatic rings. The topological polar surface area (TPSA) is 33.2 Å². The Morgan fingerprint density at radius 2 is 2.24 bits per heavy atom. The molecule has 0 spiro atoms. The van der Waals surface area contributed by atoms with Crippen LogP contribution in [0.5, 0.6) is 0 Å². The number of rotatable bonds is 1. The van der Waals surface area contributed by atoms with E-state index >= 15 is 0 Å². The number of amides is 1. The van der Waals surface area contributed by atoms with E-state index < -0.39 is 5.82 Å². The molecule has 0 aromatic carbocycles.